The van der Waals surface area contributed by atoms with Crippen LogP contribution in [0.3, 0.4) is 0 Å². The highest BCUT2D eigenvalue weighted by Crippen LogP contribution is 2.21. The third-order valence-corrected chi connectivity index (χ3v) is 5.65. The summed E-state index contributed by atoms with van der Waals surface area (Å²) in [7, 11) is 0. The highest BCUT2D eigenvalue weighted by molar-refractivity contribution is 5.94. The number of aromatic nitrogens is 2. The van der Waals surface area contributed by atoms with E-state index in [-0.39, 0.29) is 17.7 Å². The van der Waals surface area contributed by atoms with Crippen LogP contribution in [0.2, 0.25) is 0 Å². The number of hydrogen-bond donors (Lipinski definition) is 1. The molecule has 1 N–H and O–H groups in total. The van der Waals surface area contributed by atoms with E-state index in [9.17, 15) is 9.59 Å². The molecule has 4 rings (SSSR count). The van der Waals surface area contributed by atoms with Crippen LogP contribution < -0.4 is 10.1 Å². The number of carbonyl (C=O) groups is 2. The number of pyridine rings is 1. The number of amides is 2. The second-order valence-corrected chi connectivity index (χ2v) is 7.95. The normalized spacial score (nSPS) is 16.3. The van der Waals surface area contributed by atoms with Gasteiger partial charge in [0.2, 0.25) is 5.91 Å². The Labute approximate surface area is 182 Å². The summed E-state index contributed by atoms with van der Waals surface area (Å²) >= 11 is 0. The summed E-state index contributed by atoms with van der Waals surface area (Å²) in [6, 6.07) is 11.2. The van der Waals surface area contributed by atoms with Gasteiger partial charge in [-0.1, -0.05) is 6.07 Å². The van der Waals surface area contributed by atoms with Crippen LogP contribution in [0.4, 0.5) is 0 Å². The van der Waals surface area contributed by atoms with Gasteiger partial charge in [-0.15, -0.1) is 0 Å². The largest absolute Gasteiger partial charge is 0.487 e. The number of ether oxygens (including phenoxy) is 1. The third-order valence-electron chi connectivity index (χ3n) is 5.65. The Balaban J connectivity index is 1.36. The molecule has 7 nitrogen and oxygen atoms in total. The van der Waals surface area contributed by atoms with E-state index < -0.39 is 0 Å². The summed E-state index contributed by atoms with van der Waals surface area (Å²) in [5.41, 5.74) is 3.49. The fourth-order valence-electron chi connectivity index (χ4n) is 4.00. The Hall–Kier alpha value is -3.35. The van der Waals surface area contributed by atoms with Gasteiger partial charge in [0.15, 0.2) is 0 Å². The molecule has 3 heterocycles. The van der Waals surface area contributed by atoms with E-state index in [0.717, 1.165) is 29.7 Å². The summed E-state index contributed by atoms with van der Waals surface area (Å²) in [6.45, 7) is 6.05. The Morgan fingerprint density at radius 1 is 1.23 bits per heavy atom. The van der Waals surface area contributed by atoms with Crippen LogP contribution in [0.1, 0.15) is 41.4 Å². The number of hydrogen-bond acceptors (Lipinski definition) is 4. The Morgan fingerprint density at radius 2 is 2.03 bits per heavy atom. The first kappa shape index (κ1) is 20.9. The summed E-state index contributed by atoms with van der Waals surface area (Å²) in [4.78, 5) is 31.4. The van der Waals surface area contributed by atoms with E-state index >= 15 is 0 Å². The van der Waals surface area contributed by atoms with Crippen LogP contribution >= 0.6 is 0 Å². The lowest BCUT2D eigenvalue weighted by atomic mass is 9.96. The Kier molecular flexibility index (Phi) is 6.21. The molecule has 3 aromatic rings. The summed E-state index contributed by atoms with van der Waals surface area (Å²) in [6.07, 6.45) is 5.59. The fraction of sp³-hybridized carbons (Fsp3) is 0.375. The molecule has 0 bridgehead atoms. The zero-order chi connectivity index (χ0) is 21.8. The molecule has 1 unspecified atom stereocenters. The van der Waals surface area contributed by atoms with Gasteiger partial charge in [0.05, 0.1) is 11.6 Å². The van der Waals surface area contributed by atoms with Crippen molar-refractivity contribution >= 4 is 17.5 Å². The van der Waals surface area contributed by atoms with Crippen molar-refractivity contribution in [1.29, 1.82) is 0 Å². The van der Waals surface area contributed by atoms with Crippen molar-refractivity contribution in [3.8, 4) is 5.75 Å². The van der Waals surface area contributed by atoms with Crippen LogP contribution in [-0.2, 0) is 11.4 Å². The smallest absolute Gasteiger partial charge is 0.253 e. The Morgan fingerprint density at radius 3 is 2.77 bits per heavy atom. The van der Waals surface area contributed by atoms with Crippen molar-refractivity contribution in [2.75, 3.05) is 19.6 Å². The minimum Gasteiger partial charge on any atom is -0.487 e. The molecular formula is C24H28N4O3. The molecule has 1 aliphatic rings. The summed E-state index contributed by atoms with van der Waals surface area (Å²) in [5, 5.41) is 2.86. The number of piperidine rings is 1. The average molecular weight is 421 g/mol. The van der Waals surface area contributed by atoms with Crippen molar-refractivity contribution in [3.63, 3.8) is 0 Å². The van der Waals surface area contributed by atoms with Crippen molar-refractivity contribution in [2.45, 2.75) is 33.3 Å². The lowest BCUT2D eigenvalue weighted by Crippen LogP contribution is -2.45. The standard InChI is InChI=1S/C24H28N4O3/c1-3-25-23(29)19-7-5-13-28(14-19)24(30)18-8-10-21(11-9-18)31-16-20-15-27-12-4-6-17(2)22(27)26-20/h4,6,8-12,15,19H,3,5,7,13-14,16H2,1-2H3,(H,25,29). The molecule has 0 spiro atoms. The number of carbonyl (C=O) groups excluding carboxylic acids is 2. The minimum atomic E-state index is -0.130. The molecule has 1 aliphatic heterocycles. The zero-order valence-electron chi connectivity index (χ0n) is 18.0. The van der Waals surface area contributed by atoms with Crippen molar-refractivity contribution in [1.82, 2.24) is 19.6 Å². The predicted molar refractivity (Wildman–Crippen MR) is 118 cm³/mol. The number of rotatable bonds is 6. The summed E-state index contributed by atoms with van der Waals surface area (Å²) in [5.74, 6) is 0.542. The van der Waals surface area contributed by atoms with Crippen LogP contribution in [0.5, 0.6) is 5.75 Å². The van der Waals surface area contributed by atoms with Crippen LogP contribution in [0, 0.1) is 12.8 Å². The van der Waals surface area contributed by atoms with Crippen molar-refractivity contribution in [2.24, 2.45) is 5.92 Å². The molecule has 0 aliphatic carbocycles. The first-order valence-corrected chi connectivity index (χ1v) is 10.8. The van der Waals surface area contributed by atoms with Gasteiger partial charge in [0.25, 0.3) is 5.91 Å². The van der Waals surface area contributed by atoms with Gasteiger partial charge in [0.1, 0.15) is 18.0 Å². The van der Waals surface area contributed by atoms with E-state index in [1.54, 1.807) is 29.2 Å². The van der Waals surface area contributed by atoms with Gasteiger partial charge in [-0.3, -0.25) is 9.59 Å². The lowest BCUT2D eigenvalue weighted by Gasteiger charge is -2.32. The number of likely N-dealkylation sites (tertiary alicyclic amines) is 1. The summed E-state index contributed by atoms with van der Waals surface area (Å²) < 4.78 is 7.85. The monoisotopic (exact) mass is 420 g/mol. The van der Waals surface area contributed by atoms with Gasteiger partial charge in [-0.2, -0.15) is 0 Å². The number of nitrogens with one attached hydrogen (secondary N) is 1. The quantitative estimate of drug-likeness (QED) is 0.664. The molecule has 1 aromatic carbocycles. The second-order valence-electron chi connectivity index (χ2n) is 7.95. The van der Waals surface area contributed by atoms with E-state index in [1.807, 2.05) is 42.8 Å². The predicted octanol–water partition coefficient (Wildman–Crippen LogP) is 3.21. The van der Waals surface area contributed by atoms with Crippen molar-refractivity contribution < 1.29 is 14.3 Å². The van der Waals surface area contributed by atoms with E-state index in [2.05, 4.69) is 10.3 Å². The van der Waals surface area contributed by atoms with Crippen LogP contribution in [-0.4, -0.2) is 45.7 Å². The molecule has 1 atom stereocenters. The maximum atomic E-state index is 12.9. The zero-order valence-corrected chi connectivity index (χ0v) is 18.0. The number of nitrogens with zero attached hydrogens (tertiary/aromatic N) is 3. The Bertz CT molecular complexity index is 1070. The number of fused-ring (bicyclic) bond motifs is 1. The molecule has 1 saturated heterocycles. The molecule has 162 valence electrons. The molecule has 1 fully saturated rings. The average Bonchev–Trinajstić information content (AvgIpc) is 3.22. The maximum Gasteiger partial charge on any atom is 0.253 e. The topological polar surface area (TPSA) is 75.9 Å². The highest BCUT2D eigenvalue weighted by Gasteiger charge is 2.28. The number of aryl methyl sites for hydroxylation is 1. The first-order valence-electron chi connectivity index (χ1n) is 10.8. The van der Waals surface area contributed by atoms with Crippen LogP contribution in [0.25, 0.3) is 5.65 Å². The van der Waals surface area contributed by atoms with Gasteiger partial charge in [0, 0.05) is 37.6 Å². The molecule has 0 radical (unpaired) electrons. The molecule has 2 amide bonds. The number of benzene rings is 1. The van der Waals surface area contributed by atoms with E-state index in [1.165, 1.54) is 0 Å². The highest BCUT2D eigenvalue weighted by atomic mass is 16.5. The molecule has 0 saturated carbocycles. The number of imidazole rings is 1. The molecule has 2 aromatic heterocycles. The van der Waals surface area contributed by atoms with E-state index in [0.29, 0.717) is 37.6 Å². The van der Waals surface area contributed by atoms with Gasteiger partial charge >= 0.3 is 0 Å². The van der Waals surface area contributed by atoms with Crippen molar-refractivity contribution in [3.05, 3.63) is 65.6 Å². The molecular weight excluding hydrogens is 392 g/mol. The van der Waals surface area contributed by atoms with Gasteiger partial charge in [-0.25, -0.2) is 4.98 Å². The maximum absolute atomic E-state index is 12.9. The minimum absolute atomic E-state index is 0.0332. The molecule has 31 heavy (non-hydrogen) atoms. The third kappa shape index (κ3) is 4.71. The lowest BCUT2D eigenvalue weighted by molar-refractivity contribution is -0.126. The first-order chi connectivity index (χ1) is 15.0. The van der Waals surface area contributed by atoms with Crippen LogP contribution in [0.15, 0.2) is 48.8 Å². The van der Waals surface area contributed by atoms with Gasteiger partial charge < -0.3 is 19.4 Å². The van der Waals surface area contributed by atoms with E-state index in [4.69, 9.17) is 4.74 Å². The fourth-order valence-corrected chi connectivity index (χ4v) is 4.00. The molecule has 7 heteroatoms. The van der Waals surface area contributed by atoms with Gasteiger partial charge in [-0.05, 0) is 62.6 Å². The second kappa shape index (κ2) is 9.20. The SMILES string of the molecule is CCNC(=O)C1CCCN(C(=O)c2ccc(OCc3cn4cccc(C)c4n3)cc2)C1.